The minimum Gasteiger partial charge on any atom is -0.457 e. The van der Waals surface area contributed by atoms with Crippen molar-refractivity contribution in [1.82, 2.24) is 15.3 Å². The van der Waals surface area contributed by atoms with E-state index in [1.165, 1.54) is 31.0 Å². The normalized spacial score (nSPS) is 14.0. The van der Waals surface area contributed by atoms with Gasteiger partial charge in [-0.15, -0.1) is 0 Å². The van der Waals surface area contributed by atoms with Crippen LogP contribution in [0.2, 0.25) is 0 Å². The Hall–Kier alpha value is -3.35. The lowest BCUT2D eigenvalue weighted by molar-refractivity contribution is 0.0958. The van der Waals surface area contributed by atoms with Gasteiger partial charge in [0.1, 0.15) is 22.7 Å². The molecule has 0 radical (unpaired) electrons. The topological polar surface area (TPSA) is 89.3 Å². The Morgan fingerprint density at radius 2 is 1.96 bits per heavy atom. The minimum atomic E-state index is -0.265. The lowest BCUT2D eigenvalue weighted by atomic mass is 9.96. The lowest BCUT2D eigenvalue weighted by Crippen LogP contribution is -2.18. The van der Waals surface area contributed by atoms with Crippen molar-refractivity contribution in [2.24, 2.45) is 0 Å². The van der Waals surface area contributed by atoms with Gasteiger partial charge in [0, 0.05) is 31.6 Å². The first-order valence-electron chi connectivity index (χ1n) is 9.42. The third-order valence-electron chi connectivity index (χ3n) is 4.68. The van der Waals surface area contributed by atoms with Crippen LogP contribution in [0.15, 0.2) is 52.7 Å². The number of nitrogens with zero attached hydrogens (tertiary/aromatic N) is 2. The van der Waals surface area contributed by atoms with E-state index in [-0.39, 0.29) is 5.91 Å². The SMILES string of the molecule is CNC(=O)c1cc(Oc2ccc3nc(NC=C4CCCCC4)oc3c2)ccn1. The molecule has 0 aliphatic heterocycles. The summed E-state index contributed by atoms with van der Waals surface area (Å²) in [6.07, 6.45) is 9.62. The molecule has 0 bridgehead atoms. The fourth-order valence-electron chi connectivity index (χ4n) is 3.21. The molecule has 1 amide bonds. The number of oxazole rings is 1. The zero-order chi connectivity index (χ0) is 19.3. The minimum absolute atomic E-state index is 0.265. The molecule has 2 N–H and O–H groups in total. The average Bonchev–Trinajstić information content (AvgIpc) is 3.15. The van der Waals surface area contributed by atoms with Gasteiger partial charge in [-0.05, 0) is 43.9 Å². The first-order chi connectivity index (χ1) is 13.7. The second kappa shape index (κ2) is 8.12. The predicted molar refractivity (Wildman–Crippen MR) is 107 cm³/mol. The molecule has 144 valence electrons. The van der Waals surface area contributed by atoms with Crippen LogP contribution in [0.5, 0.6) is 11.5 Å². The first-order valence-corrected chi connectivity index (χ1v) is 9.42. The highest BCUT2D eigenvalue weighted by molar-refractivity contribution is 5.92. The number of benzene rings is 1. The largest absolute Gasteiger partial charge is 0.457 e. The van der Waals surface area contributed by atoms with Crippen LogP contribution < -0.4 is 15.4 Å². The molecule has 7 heteroatoms. The fourth-order valence-corrected chi connectivity index (χ4v) is 3.21. The molecule has 3 aromatic rings. The molecular formula is C21H22N4O3. The summed E-state index contributed by atoms with van der Waals surface area (Å²) in [5.41, 5.74) is 3.07. The van der Waals surface area contributed by atoms with Gasteiger partial charge in [-0.2, -0.15) is 4.98 Å². The number of amides is 1. The van der Waals surface area contributed by atoms with Gasteiger partial charge in [0.25, 0.3) is 11.9 Å². The van der Waals surface area contributed by atoms with Crippen molar-refractivity contribution in [3.05, 3.63) is 54.0 Å². The van der Waals surface area contributed by atoms with Crippen LogP contribution in [0.3, 0.4) is 0 Å². The number of hydrogen-bond acceptors (Lipinski definition) is 6. The molecular weight excluding hydrogens is 356 g/mol. The van der Waals surface area contributed by atoms with E-state index in [0.717, 1.165) is 18.4 Å². The molecule has 1 aliphatic rings. The summed E-state index contributed by atoms with van der Waals surface area (Å²) in [6.45, 7) is 0. The van der Waals surface area contributed by atoms with Crippen molar-refractivity contribution in [3.63, 3.8) is 0 Å². The standard InChI is InChI=1S/C21H22N4O3/c1-22-20(26)18-11-16(9-10-23-18)27-15-7-8-17-19(12-15)28-21(25-17)24-13-14-5-3-2-4-6-14/h7-13H,2-6H2,1H3,(H,22,26)(H,24,25). The molecule has 1 fully saturated rings. The molecule has 0 atom stereocenters. The smallest absolute Gasteiger partial charge is 0.299 e. The van der Waals surface area contributed by atoms with Crippen LogP contribution in [0, 0.1) is 0 Å². The number of pyridine rings is 1. The number of allylic oxidation sites excluding steroid dienone is 1. The fraction of sp³-hybridized carbons (Fsp3) is 0.286. The lowest BCUT2D eigenvalue weighted by Gasteiger charge is -2.12. The van der Waals surface area contributed by atoms with Crippen LogP contribution in [-0.2, 0) is 0 Å². The number of rotatable bonds is 5. The van der Waals surface area contributed by atoms with Crippen molar-refractivity contribution < 1.29 is 13.9 Å². The van der Waals surface area contributed by atoms with Crippen molar-refractivity contribution in [2.45, 2.75) is 32.1 Å². The van der Waals surface area contributed by atoms with Crippen LogP contribution in [-0.4, -0.2) is 22.9 Å². The Kier molecular flexibility index (Phi) is 5.23. The Morgan fingerprint density at radius 3 is 2.79 bits per heavy atom. The summed E-state index contributed by atoms with van der Waals surface area (Å²) in [4.78, 5) is 20.2. The van der Waals surface area contributed by atoms with Crippen molar-refractivity contribution in [1.29, 1.82) is 0 Å². The van der Waals surface area contributed by atoms with E-state index in [0.29, 0.717) is 28.8 Å². The number of carbonyl (C=O) groups excluding carboxylic acids is 1. The number of anilines is 1. The maximum atomic E-state index is 11.7. The Labute approximate surface area is 162 Å². The van der Waals surface area contributed by atoms with E-state index in [9.17, 15) is 4.79 Å². The molecule has 0 spiro atoms. The van der Waals surface area contributed by atoms with E-state index in [2.05, 4.69) is 20.6 Å². The summed E-state index contributed by atoms with van der Waals surface area (Å²) >= 11 is 0. The van der Waals surface area contributed by atoms with Crippen LogP contribution >= 0.6 is 0 Å². The second-order valence-corrected chi connectivity index (χ2v) is 6.71. The number of aromatic nitrogens is 2. The van der Waals surface area contributed by atoms with E-state index in [1.54, 1.807) is 25.2 Å². The molecule has 2 heterocycles. The van der Waals surface area contributed by atoms with Crippen molar-refractivity contribution in [3.8, 4) is 11.5 Å². The molecule has 28 heavy (non-hydrogen) atoms. The summed E-state index contributed by atoms with van der Waals surface area (Å²) in [6, 6.07) is 9.19. The third-order valence-corrected chi connectivity index (χ3v) is 4.68. The summed E-state index contributed by atoms with van der Waals surface area (Å²) in [5, 5.41) is 5.71. The molecule has 1 aliphatic carbocycles. The van der Waals surface area contributed by atoms with Gasteiger partial charge in [-0.1, -0.05) is 12.0 Å². The summed E-state index contributed by atoms with van der Waals surface area (Å²) in [5.74, 6) is 0.849. The van der Waals surface area contributed by atoms with E-state index < -0.39 is 0 Å². The number of fused-ring (bicyclic) bond motifs is 1. The van der Waals surface area contributed by atoms with Gasteiger partial charge < -0.3 is 19.8 Å². The quantitative estimate of drug-likeness (QED) is 0.673. The van der Waals surface area contributed by atoms with E-state index in [4.69, 9.17) is 9.15 Å². The monoisotopic (exact) mass is 378 g/mol. The number of carbonyl (C=O) groups is 1. The Morgan fingerprint density at radius 1 is 1.14 bits per heavy atom. The second-order valence-electron chi connectivity index (χ2n) is 6.71. The van der Waals surface area contributed by atoms with Crippen molar-refractivity contribution in [2.75, 3.05) is 12.4 Å². The van der Waals surface area contributed by atoms with Crippen molar-refractivity contribution >= 4 is 23.0 Å². The highest BCUT2D eigenvalue weighted by Gasteiger charge is 2.10. The number of ether oxygens (including phenoxy) is 1. The highest BCUT2D eigenvalue weighted by atomic mass is 16.5. The molecule has 0 unspecified atom stereocenters. The molecule has 1 saturated carbocycles. The summed E-state index contributed by atoms with van der Waals surface area (Å²) in [7, 11) is 1.56. The van der Waals surface area contributed by atoms with Gasteiger partial charge in [-0.25, -0.2) is 0 Å². The maximum absolute atomic E-state index is 11.7. The molecule has 7 nitrogen and oxygen atoms in total. The third kappa shape index (κ3) is 4.14. The molecule has 1 aromatic carbocycles. The zero-order valence-corrected chi connectivity index (χ0v) is 15.7. The predicted octanol–water partition coefficient (Wildman–Crippen LogP) is 4.63. The number of nitrogens with one attached hydrogen (secondary N) is 2. The van der Waals surface area contributed by atoms with Gasteiger partial charge in [-0.3, -0.25) is 9.78 Å². The number of hydrogen-bond donors (Lipinski definition) is 2. The van der Waals surface area contributed by atoms with Crippen LogP contribution in [0.4, 0.5) is 6.01 Å². The van der Waals surface area contributed by atoms with Gasteiger partial charge in [0.2, 0.25) is 0 Å². The van der Waals surface area contributed by atoms with Gasteiger partial charge >= 0.3 is 0 Å². The first kappa shape index (κ1) is 18.0. The van der Waals surface area contributed by atoms with Gasteiger partial charge in [0.05, 0.1) is 0 Å². The molecule has 2 aromatic heterocycles. The average molecular weight is 378 g/mol. The highest BCUT2D eigenvalue weighted by Crippen LogP contribution is 2.28. The summed E-state index contributed by atoms with van der Waals surface area (Å²) < 4.78 is 11.6. The van der Waals surface area contributed by atoms with Crippen LogP contribution in [0.1, 0.15) is 42.6 Å². The maximum Gasteiger partial charge on any atom is 0.299 e. The Balaban J connectivity index is 1.49. The Bertz CT molecular complexity index is 1020. The molecule has 0 saturated heterocycles. The van der Waals surface area contributed by atoms with E-state index >= 15 is 0 Å². The van der Waals surface area contributed by atoms with Crippen LogP contribution in [0.25, 0.3) is 11.1 Å². The van der Waals surface area contributed by atoms with E-state index in [1.807, 2.05) is 18.3 Å². The van der Waals surface area contributed by atoms with Gasteiger partial charge in [0.15, 0.2) is 5.58 Å². The molecule has 4 rings (SSSR count). The zero-order valence-electron chi connectivity index (χ0n) is 15.7.